The summed E-state index contributed by atoms with van der Waals surface area (Å²) in [7, 11) is 0. The molecule has 1 atom stereocenters. The van der Waals surface area contributed by atoms with Crippen LogP contribution in [0.5, 0.6) is 0 Å². The normalized spacial score (nSPS) is 18.7. The van der Waals surface area contributed by atoms with Crippen molar-refractivity contribution in [3.63, 3.8) is 0 Å². The van der Waals surface area contributed by atoms with Crippen LogP contribution >= 0.6 is 11.8 Å². The van der Waals surface area contributed by atoms with Crippen molar-refractivity contribution >= 4 is 23.4 Å². The van der Waals surface area contributed by atoms with Crippen LogP contribution < -0.4 is 10.6 Å². The second-order valence-electron chi connectivity index (χ2n) is 4.44. The van der Waals surface area contributed by atoms with Crippen LogP contribution in [0.1, 0.15) is 0 Å². The number of carbonyl (C=O) groups excluding carboxylic acids is 1. The molecule has 1 saturated heterocycles. The smallest absolute Gasteiger partial charge is 0.242 e. The van der Waals surface area contributed by atoms with E-state index in [1.807, 2.05) is 24.3 Å². The molecule has 1 aromatic carbocycles. The average Bonchev–Trinajstić information content (AvgIpc) is 3.03. The Morgan fingerprint density at radius 3 is 2.70 bits per heavy atom. The van der Waals surface area contributed by atoms with Crippen LogP contribution in [0.2, 0.25) is 0 Å². The number of carbonyl (C=O) groups is 1. The van der Waals surface area contributed by atoms with Crippen molar-refractivity contribution in [3.05, 3.63) is 36.7 Å². The second-order valence-corrected chi connectivity index (χ2v) is 5.59. The van der Waals surface area contributed by atoms with Crippen molar-refractivity contribution in [2.24, 2.45) is 0 Å². The lowest BCUT2D eigenvalue weighted by Crippen LogP contribution is -2.46. The highest BCUT2D eigenvalue weighted by Crippen LogP contribution is 2.14. The van der Waals surface area contributed by atoms with Crippen molar-refractivity contribution in [3.8, 4) is 5.69 Å². The van der Waals surface area contributed by atoms with Crippen molar-refractivity contribution in [2.75, 3.05) is 23.4 Å². The number of thioether (sulfide) groups is 1. The van der Waals surface area contributed by atoms with Crippen LogP contribution in [0.4, 0.5) is 5.69 Å². The van der Waals surface area contributed by atoms with Crippen LogP contribution in [0.3, 0.4) is 0 Å². The van der Waals surface area contributed by atoms with Gasteiger partial charge in [0.2, 0.25) is 5.91 Å². The van der Waals surface area contributed by atoms with E-state index in [1.54, 1.807) is 24.2 Å². The molecule has 104 valence electrons. The fraction of sp³-hybridized carbons (Fsp3) is 0.308. The van der Waals surface area contributed by atoms with Crippen LogP contribution in [-0.4, -0.2) is 45.0 Å². The lowest BCUT2D eigenvalue weighted by molar-refractivity contribution is -0.117. The SMILES string of the molecule is O=C(Nc1ccc(-n2nccn2)cc1)C1CSCCN1. The minimum absolute atomic E-state index is 0.0159. The predicted octanol–water partition coefficient (Wildman–Crippen LogP) is 0.911. The highest BCUT2D eigenvalue weighted by atomic mass is 32.2. The first-order valence-electron chi connectivity index (χ1n) is 6.42. The lowest BCUT2D eigenvalue weighted by atomic mass is 10.2. The number of rotatable bonds is 3. The Morgan fingerprint density at radius 2 is 2.05 bits per heavy atom. The largest absolute Gasteiger partial charge is 0.325 e. The first kappa shape index (κ1) is 13.1. The van der Waals surface area contributed by atoms with Gasteiger partial charge in [-0.2, -0.15) is 26.8 Å². The molecule has 0 bridgehead atoms. The third kappa shape index (κ3) is 3.00. The average molecular weight is 289 g/mol. The van der Waals surface area contributed by atoms with Gasteiger partial charge in [-0.25, -0.2) is 0 Å². The minimum Gasteiger partial charge on any atom is -0.325 e. The van der Waals surface area contributed by atoms with Gasteiger partial charge in [0.15, 0.2) is 0 Å². The van der Waals surface area contributed by atoms with E-state index < -0.39 is 0 Å². The number of anilines is 1. The molecule has 1 unspecified atom stereocenters. The zero-order valence-electron chi connectivity index (χ0n) is 10.8. The van der Waals surface area contributed by atoms with Gasteiger partial charge in [-0.3, -0.25) is 4.79 Å². The number of amides is 1. The maximum absolute atomic E-state index is 12.1. The van der Waals surface area contributed by atoms with Crippen LogP contribution in [0.15, 0.2) is 36.7 Å². The molecule has 2 N–H and O–H groups in total. The standard InChI is InChI=1S/C13H15N5OS/c19-13(12-9-20-8-7-14-12)17-10-1-3-11(4-2-10)18-15-5-6-16-18/h1-6,12,14H,7-9H2,(H,17,19). The summed E-state index contributed by atoms with van der Waals surface area (Å²) >= 11 is 1.80. The third-order valence-corrected chi connectivity index (χ3v) is 4.08. The molecule has 7 heteroatoms. The van der Waals surface area contributed by atoms with Gasteiger partial charge < -0.3 is 10.6 Å². The molecule has 0 saturated carbocycles. The van der Waals surface area contributed by atoms with E-state index in [0.717, 1.165) is 29.4 Å². The fourth-order valence-corrected chi connectivity index (χ4v) is 2.92. The monoisotopic (exact) mass is 289 g/mol. The quantitative estimate of drug-likeness (QED) is 0.879. The van der Waals surface area contributed by atoms with Gasteiger partial charge >= 0.3 is 0 Å². The lowest BCUT2D eigenvalue weighted by Gasteiger charge is -2.22. The van der Waals surface area contributed by atoms with Gasteiger partial charge in [0.25, 0.3) is 0 Å². The minimum atomic E-state index is -0.110. The molecule has 3 rings (SSSR count). The number of nitrogens with one attached hydrogen (secondary N) is 2. The van der Waals surface area contributed by atoms with Gasteiger partial charge in [0, 0.05) is 23.7 Å². The van der Waals surface area contributed by atoms with E-state index >= 15 is 0 Å². The van der Waals surface area contributed by atoms with Gasteiger partial charge in [-0.05, 0) is 24.3 Å². The van der Waals surface area contributed by atoms with E-state index in [4.69, 9.17) is 0 Å². The summed E-state index contributed by atoms with van der Waals surface area (Å²) in [6.07, 6.45) is 3.25. The molecular weight excluding hydrogens is 274 g/mol. The molecule has 1 aliphatic rings. The Kier molecular flexibility index (Phi) is 3.98. The maximum atomic E-state index is 12.1. The summed E-state index contributed by atoms with van der Waals surface area (Å²) in [4.78, 5) is 13.6. The molecule has 2 heterocycles. The number of hydrogen-bond acceptors (Lipinski definition) is 5. The fourth-order valence-electron chi connectivity index (χ4n) is 1.99. The Hall–Kier alpha value is -1.86. The van der Waals surface area contributed by atoms with Crippen molar-refractivity contribution in [1.82, 2.24) is 20.3 Å². The molecule has 1 amide bonds. The molecule has 0 spiro atoms. The summed E-state index contributed by atoms with van der Waals surface area (Å²) in [5, 5.41) is 14.2. The Labute approximate surface area is 120 Å². The summed E-state index contributed by atoms with van der Waals surface area (Å²) in [6.45, 7) is 0.882. The number of nitrogens with zero attached hydrogens (tertiary/aromatic N) is 3. The van der Waals surface area contributed by atoms with Crippen LogP contribution in [0, 0.1) is 0 Å². The van der Waals surface area contributed by atoms with E-state index in [9.17, 15) is 4.79 Å². The van der Waals surface area contributed by atoms with E-state index in [-0.39, 0.29) is 11.9 Å². The highest BCUT2D eigenvalue weighted by molar-refractivity contribution is 7.99. The predicted molar refractivity (Wildman–Crippen MR) is 79.1 cm³/mol. The molecule has 0 aliphatic carbocycles. The van der Waals surface area contributed by atoms with Crippen molar-refractivity contribution in [2.45, 2.75) is 6.04 Å². The summed E-state index contributed by atoms with van der Waals surface area (Å²) < 4.78 is 0. The van der Waals surface area contributed by atoms with E-state index in [1.165, 1.54) is 4.80 Å². The molecular formula is C13H15N5OS. The van der Waals surface area contributed by atoms with E-state index in [2.05, 4.69) is 20.8 Å². The number of aromatic nitrogens is 3. The van der Waals surface area contributed by atoms with E-state index in [0.29, 0.717) is 0 Å². The second kappa shape index (κ2) is 6.06. The van der Waals surface area contributed by atoms with Crippen LogP contribution in [-0.2, 0) is 4.79 Å². The summed E-state index contributed by atoms with van der Waals surface area (Å²) in [5.74, 6) is 1.90. The third-order valence-electron chi connectivity index (χ3n) is 3.02. The molecule has 2 aromatic rings. The molecule has 1 aliphatic heterocycles. The zero-order valence-corrected chi connectivity index (χ0v) is 11.6. The summed E-state index contributed by atoms with van der Waals surface area (Å²) in [5.41, 5.74) is 1.64. The first-order chi connectivity index (χ1) is 9.83. The molecule has 6 nitrogen and oxygen atoms in total. The maximum Gasteiger partial charge on any atom is 0.242 e. The van der Waals surface area contributed by atoms with Gasteiger partial charge in [0.05, 0.1) is 24.1 Å². The molecule has 20 heavy (non-hydrogen) atoms. The Morgan fingerprint density at radius 1 is 1.30 bits per heavy atom. The first-order valence-corrected chi connectivity index (χ1v) is 7.57. The number of hydrogen-bond donors (Lipinski definition) is 2. The molecule has 1 fully saturated rings. The highest BCUT2D eigenvalue weighted by Gasteiger charge is 2.20. The van der Waals surface area contributed by atoms with Crippen LogP contribution in [0.25, 0.3) is 5.69 Å². The zero-order chi connectivity index (χ0) is 13.8. The number of benzene rings is 1. The molecule has 1 aromatic heterocycles. The van der Waals surface area contributed by atoms with Crippen molar-refractivity contribution < 1.29 is 4.79 Å². The Bertz CT molecular complexity index is 563. The van der Waals surface area contributed by atoms with Gasteiger partial charge in [-0.1, -0.05) is 0 Å². The molecule has 0 radical (unpaired) electrons. The Balaban J connectivity index is 1.64. The summed E-state index contributed by atoms with van der Waals surface area (Å²) in [6, 6.07) is 7.34. The van der Waals surface area contributed by atoms with Gasteiger partial charge in [-0.15, -0.1) is 0 Å². The topological polar surface area (TPSA) is 71.8 Å². The van der Waals surface area contributed by atoms with Gasteiger partial charge in [0.1, 0.15) is 0 Å². The van der Waals surface area contributed by atoms with Crippen molar-refractivity contribution in [1.29, 1.82) is 0 Å².